The van der Waals surface area contributed by atoms with E-state index in [1.807, 2.05) is 7.05 Å². The third-order valence-corrected chi connectivity index (χ3v) is 5.29. The van der Waals surface area contributed by atoms with Crippen LogP contribution in [0.15, 0.2) is 0 Å². The zero-order valence-electron chi connectivity index (χ0n) is 9.01. The molecule has 0 aliphatic heterocycles. The van der Waals surface area contributed by atoms with Crippen LogP contribution in [0.2, 0.25) is 0 Å². The van der Waals surface area contributed by atoms with Crippen LogP contribution in [0.5, 0.6) is 0 Å². The third-order valence-electron chi connectivity index (χ3n) is 2.04. The predicted molar refractivity (Wildman–Crippen MR) is 60.3 cm³/mol. The summed E-state index contributed by atoms with van der Waals surface area (Å²) in [5, 5.41) is 3.13. The summed E-state index contributed by atoms with van der Waals surface area (Å²) < 4.78 is 15.9. The Bertz CT molecular complexity index is 112. The van der Waals surface area contributed by atoms with Crippen molar-refractivity contribution in [3.05, 3.63) is 0 Å². The highest BCUT2D eigenvalue weighted by molar-refractivity contribution is 7.59. The van der Waals surface area contributed by atoms with Gasteiger partial charge in [-0.1, -0.05) is 6.92 Å². The van der Waals surface area contributed by atoms with E-state index in [1.54, 1.807) is 21.3 Å². The summed E-state index contributed by atoms with van der Waals surface area (Å²) in [6.07, 6.45) is 0.929. The van der Waals surface area contributed by atoms with Crippen LogP contribution < -0.4 is 5.32 Å². The van der Waals surface area contributed by atoms with E-state index in [4.69, 9.17) is 13.3 Å². The van der Waals surface area contributed by atoms with Gasteiger partial charge < -0.3 is 18.6 Å². The highest BCUT2D eigenvalue weighted by atomic mass is 32.1. The van der Waals surface area contributed by atoms with Crippen molar-refractivity contribution in [2.75, 3.05) is 28.4 Å². The van der Waals surface area contributed by atoms with E-state index in [0.29, 0.717) is 0 Å². The summed E-state index contributed by atoms with van der Waals surface area (Å²) in [5.41, 5.74) is 0.164. The zero-order chi connectivity index (χ0) is 9.61. The van der Waals surface area contributed by atoms with Crippen LogP contribution in [0.1, 0.15) is 13.3 Å². The van der Waals surface area contributed by atoms with Crippen molar-refractivity contribution in [1.29, 1.82) is 0 Å². The van der Waals surface area contributed by atoms with Gasteiger partial charge in [0.1, 0.15) is 0 Å². The quantitative estimate of drug-likeness (QED) is 0.671. The molecule has 0 aromatic rings. The normalized spacial score (nSPS) is 13.6. The summed E-state index contributed by atoms with van der Waals surface area (Å²) in [6.45, 7) is 2.07. The fourth-order valence-electron chi connectivity index (χ4n) is 1.31. The largest absolute Gasteiger partial charge is 0.517 e. The van der Waals surface area contributed by atoms with Crippen LogP contribution in [0.25, 0.3) is 0 Å². The maximum atomic E-state index is 5.31. The molecule has 0 spiro atoms. The van der Waals surface area contributed by atoms with Gasteiger partial charge in [-0.05, 0) is 13.5 Å². The molecule has 4 nitrogen and oxygen atoms in total. The lowest BCUT2D eigenvalue weighted by Crippen LogP contribution is -2.59. The summed E-state index contributed by atoms with van der Waals surface area (Å²) >= 11 is 0. The summed E-state index contributed by atoms with van der Waals surface area (Å²) in [7, 11) is 4.30. The van der Waals surface area contributed by atoms with E-state index >= 15 is 0 Å². The van der Waals surface area contributed by atoms with E-state index in [2.05, 4.69) is 12.2 Å². The van der Waals surface area contributed by atoms with E-state index in [-0.39, 0.29) is 19.2 Å². The van der Waals surface area contributed by atoms with Crippen molar-refractivity contribution >= 4 is 22.3 Å². The average Bonchev–Trinajstić information content (AvgIpc) is 2.14. The van der Waals surface area contributed by atoms with Crippen LogP contribution in [0, 0.1) is 0 Å². The summed E-state index contributed by atoms with van der Waals surface area (Å²) in [5.74, 6) is 0. The first kappa shape index (κ1) is 15.9. The average molecular weight is 227 g/mol. The Kier molecular flexibility index (Phi) is 9.49. The Morgan fingerprint density at radius 3 is 1.62 bits per heavy atom. The molecule has 0 rings (SSSR count). The molecule has 0 aliphatic rings. The Hall–Kier alpha value is 0.407. The highest BCUT2D eigenvalue weighted by Gasteiger charge is 2.45. The molecule has 0 fully saturated rings. The maximum absolute atomic E-state index is 5.31. The molecule has 0 bridgehead atoms. The monoisotopic (exact) mass is 227 g/mol. The predicted octanol–water partition coefficient (Wildman–Crippen LogP) is 0.514. The summed E-state index contributed by atoms with van der Waals surface area (Å²) in [6, 6.07) is 0. The van der Waals surface area contributed by atoms with Crippen molar-refractivity contribution < 1.29 is 13.3 Å². The molecule has 0 aromatic heterocycles. The zero-order valence-corrected chi connectivity index (χ0v) is 11.0. The van der Waals surface area contributed by atoms with Gasteiger partial charge in [0.05, 0.1) is 5.67 Å². The molecular weight excluding hydrogens is 206 g/mol. The first-order valence-corrected chi connectivity index (χ1v) is 5.83. The van der Waals surface area contributed by atoms with Crippen LogP contribution in [-0.4, -0.2) is 42.8 Å². The van der Waals surface area contributed by atoms with Crippen molar-refractivity contribution in [2.24, 2.45) is 0 Å². The maximum Gasteiger partial charge on any atom is 0.517 e. The Morgan fingerprint density at radius 1 is 1.15 bits per heavy atom. The first-order valence-electron chi connectivity index (χ1n) is 4.03. The second kappa shape index (κ2) is 7.78. The molecule has 1 unspecified atom stereocenters. The van der Waals surface area contributed by atoms with E-state index in [9.17, 15) is 0 Å². The highest BCUT2D eigenvalue weighted by Crippen LogP contribution is 2.13. The number of nitrogens with one attached hydrogen (secondary N) is 1. The molecule has 1 N–H and O–H groups in total. The van der Waals surface area contributed by atoms with Gasteiger partial charge in [0.2, 0.25) is 0 Å². The molecule has 0 amide bonds. The molecular formula is C7H21NO3SSi. The third kappa shape index (κ3) is 3.57. The first-order chi connectivity index (χ1) is 5.70. The van der Waals surface area contributed by atoms with Crippen LogP contribution in [-0.2, 0) is 13.3 Å². The second-order valence-electron chi connectivity index (χ2n) is 2.47. The number of hydrogen-bond donors (Lipinski definition) is 1. The van der Waals surface area contributed by atoms with Crippen molar-refractivity contribution in [3.63, 3.8) is 0 Å². The Labute approximate surface area is 88.8 Å². The molecule has 0 saturated carbocycles. The van der Waals surface area contributed by atoms with E-state index in [0.717, 1.165) is 6.42 Å². The molecule has 0 saturated heterocycles. The number of rotatable bonds is 6. The lowest BCUT2D eigenvalue weighted by atomic mass is 10.5. The summed E-state index contributed by atoms with van der Waals surface area (Å²) in [4.78, 5) is 0. The van der Waals surface area contributed by atoms with Crippen molar-refractivity contribution in [3.8, 4) is 0 Å². The van der Waals surface area contributed by atoms with Crippen LogP contribution in [0.4, 0.5) is 0 Å². The van der Waals surface area contributed by atoms with Gasteiger partial charge in [0.25, 0.3) is 0 Å². The van der Waals surface area contributed by atoms with Gasteiger partial charge in [-0.15, -0.1) is 0 Å². The Morgan fingerprint density at radius 2 is 1.54 bits per heavy atom. The topological polar surface area (TPSA) is 39.7 Å². The van der Waals surface area contributed by atoms with Gasteiger partial charge in [0, 0.05) is 21.3 Å². The molecule has 0 aliphatic carbocycles. The SMILES string of the molecule is CCC(NC)[Si](OC)(OC)OC.S. The standard InChI is InChI=1S/C7H19NO3Si.H2S/c1-6-7(8-2)12(9-3,10-4)11-5;/h7-8H,6H2,1-5H3;1H2. The van der Waals surface area contributed by atoms with Gasteiger partial charge in [-0.3, -0.25) is 0 Å². The molecule has 0 aromatic carbocycles. The lowest BCUT2D eigenvalue weighted by molar-refractivity contribution is 0.107. The van der Waals surface area contributed by atoms with Crippen LogP contribution in [0.3, 0.4) is 0 Å². The molecule has 0 heterocycles. The minimum atomic E-state index is -2.46. The van der Waals surface area contributed by atoms with Gasteiger partial charge in [0.15, 0.2) is 0 Å². The van der Waals surface area contributed by atoms with Gasteiger partial charge in [-0.2, -0.15) is 13.5 Å². The molecule has 1 atom stereocenters. The smallest absolute Gasteiger partial charge is 0.376 e. The minimum absolute atomic E-state index is 0. The molecule has 82 valence electrons. The van der Waals surface area contributed by atoms with E-state index < -0.39 is 8.80 Å². The second-order valence-corrected chi connectivity index (χ2v) is 5.59. The van der Waals surface area contributed by atoms with E-state index in [1.165, 1.54) is 0 Å². The molecule has 6 heteroatoms. The Balaban J connectivity index is 0. The van der Waals surface area contributed by atoms with Crippen molar-refractivity contribution in [1.82, 2.24) is 5.32 Å². The van der Waals surface area contributed by atoms with Crippen LogP contribution >= 0.6 is 13.5 Å². The van der Waals surface area contributed by atoms with Crippen molar-refractivity contribution in [2.45, 2.75) is 19.0 Å². The fourth-order valence-corrected chi connectivity index (χ4v) is 3.51. The fraction of sp³-hybridized carbons (Fsp3) is 1.00. The van der Waals surface area contributed by atoms with Gasteiger partial charge >= 0.3 is 8.80 Å². The lowest BCUT2D eigenvalue weighted by Gasteiger charge is -2.31. The van der Waals surface area contributed by atoms with Gasteiger partial charge in [-0.25, -0.2) is 0 Å². The molecule has 13 heavy (non-hydrogen) atoms. The number of hydrogen-bond acceptors (Lipinski definition) is 4. The minimum Gasteiger partial charge on any atom is -0.376 e. The molecule has 0 radical (unpaired) electrons.